The van der Waals surface area contributed by atoms with Crippen molar-refractivity contribution < 1.29 is 4.76 Å². The third-order valence-corrected chi connectivity index (χ3v) is 5.29. The molecule has 0 spiro atoms. The lowest BCUT2D eigenvalue weighted by Gasteiger charge is -2.16. The van der Waals surface area contributed by atoms with Crippen molar-refractivity contribution in [3.05, 3.63) is 63.4 Å². The maximum Gasteiger partial charge on any atom is 0.265 e. The average Bonchev–Trinajstić information content (AvgIpc) is 3.07. The van der Waals surface area contributed by atoms with Crippen molar-refractivity contribution in [3.63, 3.8) is 0 Å². The van der Waals surface area contributed by atoms with Gasteiger partial charge in [0.2, 0.25) is 6.54 Å². The predicted octanol–water partition coefficient (Wildman–Crippen LogP) is 2.71. The number of hydrogen-bond acceptors (Lipinski definition) is 3. The van der Waals surface area contributed by atoms with Crippen molar-refractivity contribution in [1.82, 2.24) is 5.32 Å². The second-order valence-electron chi connectivity index (χ2n) is 6.46. The SMILES string of the molecule is O=[N+]1CC=C2C3=C(CC=CC3)NC2C2=NC3=C(CC=CC3)C21. The van der Waals surface area contributed by atoms with Crippen LogP contribution in [0.1, 0.15) is 25.7 Å². The van der Waals surface area contributed by atoms with E-state index in [0.717, 1.165) is 37.1 Å². The summed E-state index contributed by atoms with van der Waals surface area (Å²) < 4.78 is 1.21. The molecule has 0 aromatic heterocycles. The van der Waals surface area contributed by atoms with Crippen LogP contribution in [0, 0.1) is 4.91 Å². The Morgan fingerprint density at radius 3 is 2.86 bits per heavy atom. The molecular formula is C18H18N3O+. The first-order valence-corrected chi connectivity index (χ1v) is 8.06. The van der Waals surface area contributed by atoms with Gasteiger partial charge in [-0.05, 0) is 30.1 Å². The minimum Gasteiger partial charge on any atom is -0.376 e. The number of hydrogen-bond donors (Lipinski definition) is 1. The van der Waals surface area contributed by atoms with E-state index in [1.165, 1.54) is 27.2 Å². The quantitative estimate of drug-likeness (QED) is 0.551. The second-order valence-corrected chi connectivity index (χ2v) is 6.46. The fourth-order valence-corrected chi connectivity index (χ4v) is 4.26. The van der Waals surface area contributed by atoms with Crippen LogP contribution in [0.5, 0.6) is 0 Å². The highest BCUT2D eigenvalue weighted by molar-refractivity contribution is 6.02. The van der Waals surface area contributed by atoms with E-state index in [4.69, 9.17) is 4.99 Å². The van der Waals surface area contributed by atoms with E-state index >= 15 is 0 Å². The number of nitrogens with one attached hydrogen (secondary N) is 1. The van der Waals surface area contributed by atoms with E-state index < -0.39 is 0 Å². The highest BCUT2D eigenvalue weighted by Gasteiger charge is 2.49. The van der Waals surface area contributed by atoms with Gasteiger partial charge in [0.25, 0.3) is 6.04 Å². The summed E-state index contributed by atoms with van der Waals surface area (Å²) >= 11 is 0. The molecule has 1 N–H and O–H groups in total. The Bertz CT molecular complexity index is 776. The highest BCUT2D eigenvalue weighted by atomic mass is 16.3. The van der Waals surface area contributed by atoms with Crippen LogP contribution in [0.3, 0.4) is 0 Å². The molecule has 110 valence electrons. The fourth-order valence-electron chi connectivity index (χ4n) is 4.26. The summed E-state index contributed by atoms with van der Waals surface area (Å²) in [5.41, 5.74) is 7.34. The Morgan fingerprint density at radius 2 is 1.91 bits per heavy atom. The molecule has 2 aliphatic carbocycles. The van der Waals surface area contributed by atoms with Crippen LogP contribution in [0.15, 0.2) is 63.5 Å². The van der Waals surface area contributed by atoms with E-state index in [0.29, 0.717) is 6.54 Å². The maximum atomic E-state index is 12.6. The van der Waals surface area contributed by atoms with Crippen LogP contribution in [-0.2, 0) is 0 Å². The van der Waals surface area contributed by atoms with Crippen LogP contribution in [0.4, 0.5) is 0 Å². The van der Waals surface area contributed by atoms with Crippen molar-refractivity contribution in [2.24, 2.45) is 4.99 Å². The largest absolute Gasteiger partial charge is 0.376 e. The Hall–Kier alpha value is -2.23. The van der Waals surface area contributed by atoms with Crippen LogP contribution >= 0.6 is 0 Å². The Morgan fingerprint density at radius 1 is 1.09 bits per heavy atom. The minimum atomic E-state index is -0.166. The Balaban J connectivity index is 1.58. The number of aliphatic imine (C=N–C) groups is 1. The fraction of sp³-hybridized carbons (Fsp3) is 0.389. The van der Waals surface area contributed by atoms with Gasteiger partial charge in [0.1, 0.15) is 5.71 Å². The van der Waals surface area contributed by atoms with Gasteiger partial charge >= 0.3 is 0 Å². The highest BCUT2D eigenvalue weighted by Crippen LogP contribution is 2.40. The number of fused-ring (bicyclic) bond motifs is 5. The Kier molecular flexibility index (Phi) is 2.46. The molecule has 0 fully saturated rings. The molecule has 4 heteroatoms. The first-order valence-electron chi connectivity index (χ1n) is 8.06. The zero-order valence-corrected chi connectivity index (χ0v) is 12.4. The summed E-state index contributed by atoms with van der Waals surface area (Å²) in [5, 5.41) is 3.65. The lowest BCUT2D eigenvalue weighted by molar-refractivity contribution is -0.550. The molecule has 0 bridgehead atoms. The predicted molar refractivity (Wildman–Crippen MR) is 85.5 cm³/mol. The van der Waals surface area contributed by atoms with Crippen LogP contribution in [0.25, 0.3) is 0 Å². The summed E-state index contributed by atoms with van der Waals surface area (Å²) in [6.45, 7) is 0.457. The van der Waals surface area contributed by atoms with Gasteiger partial charge in [0, 0.05) is 33.8 Å². The molecular weight excluding hydrogens is 274 g/mol. The molecule has 5 aliphatic rings. The number of nitrogens with zero attached hydrogens (tertiary/aromatic N) is 2. The molecule has 3 heterocycles. The van der Waals surface area contributed by atoms with Crippen LogP contribution < -0.4 is 5.32 Å². The van der Waals surface area contributed by atoms with Crippen molar-refractivity contribution in [2.45, 2.75) is 37.8 Å². The number of nitroso groups, excluding NO2 is 1. The van der Waals surface area contributed by atoms with E-state index in [-0.39, 0.29) is 12.1 Å². The van der Waals surface area contributed by atoms with Crippen LogP contribution in [0.2, 0.25) is 0 Å². The normalized spacial score (nSPS) is 31.9. The minimum absolute atomic E-state index is 0.0967. The van der Waals surface area contributed by atoms with E-state index in [1.54, 1.807) is 0 Å². The molecule has 0 saturated heterocycles. The zero-order chi connectivity index (χ0) is 14.7. The van der Waals surface area contributed by atoms with Crippen molar-refractivity contribution in [1.29, 1.82) is 0 Å². The van der Waals surface area contributed by atoms with Gasteiger partial charge in [0.05, 0.1) is 11.7 Å². The summed E-state index contributed by atoms with van der Waals surface area (Å²) in [5.74, 6) is 0. The van der Waals surface area contributed by atoms with Crippen molar-refractivity contribution >= 4 is 5.71 Å². The summed E-state index contributed by atoms with van der Waals surface area (Å²) in [6.07, 6.45) is 14.6. The van der Waals surface area contributed by atoms with Crippen LogP contribution in [-0.4, -0.2) is 29.1 Å². The molecule has 0 saturated carbocycles. The molecule has 2 unspecified atom stereocenters. The lowest BCUT2D eigenvalue weighted by atomic mass is 9.90. The van der Waals surface area contributed by atoms with Gasteiger partial charge in [-0.15, -0.1) is 0 Å². The van der Waals surface area contributed by atoms with Crippen molar-refractivity contribution in [3.8, 4) is 0 Å². The van der Waals surface area contributed by atoms with E-state index in [1.807, 2.05) is 0 Å². The smallest absolute Gasteiger partial charge is 0.265 e. The molecule has 0 radical (unpaired) electrons. The van der Waals surface area contributed by atoms with Gasteiger partial charge in [-0.3, -0.25) is 4.99 Å². The standard InChI is InChI=1S/C18H18N3O/c22-21-10-9-12-11-5-1-3-7-14(11)19-16(12)17-18(21)13-6-2-4-8-15(13)20-17/h1-4,9,16,18-19H,5-8,10H2/q+1. The van der Waals surface area contributed by atoms with Crippen molar-refractivity contribution in [2.75, 3.05) is 6.54 Å². The summed E-state index contributed by atoms with van der Waals surface area (Å²) in [4.78, 5) is 17.5. The molecule has 22 heavy (non-hydrogen) atoms. The first-order chi connectivity index (χ1) is 10.8. The summed E-state index contributed by atoms with van der Waals surface area (Å²) in [7, 11) is 0. The molecule has 5 rings (SSSR count). The second kappa shape index (κ2) is 4.38. The molecule has 4 nitrogen and oxygen atoms in total. The summed E-state index contributed by atoms with van der Waals surface area (Å²) in [6, 6.07) is -0.0695. The lowest BCUT2D eigenvalue weighted by Crippen LogP contribution is -2.42. The average molecular weight is 292 g/mol. The maximum absolute atomic E-state index is 12.6. The molecule has 0 amide bonds. The topological polar surface area (TPSA) is 44.5 Å². The number of rotatable bonds is 0. The molecule has 0 aromatic rings. The van der Waals surface area contributed by atoms with Gasteiger partial charge in [-0.1, -0.05) is 24.3 Å². The third-order valence-electron chi connectivity index (χ3n) is 5.29. The Labute approximate surface area is 129 Å². The van der Waals surface area contributed by atoms with Gasteiger partial charge in [-0.2, -0.15) is 0 Å². The monoisotopic (exact) mass is 292 g/mol. The molecule has 2 atom stereocenters. The van der Waals surface area contributed by atoms with Gasteiger partial charge < -0.3 is 5.32 Å². The van der Waals surface area contributed by atoms with E-state index in [2.05, 4.69) is 35.7 Å². The zero-order valence-electron chi connectivity index (χ0n) is 12.4. The molecule has 3 aliphatic heterocycles. The van der Waals surface area contributed by atoms with Gasteiger partial charge in [-0.25, -0.2) is 0 Å². The van der Waals surface area contributed by atoms with E-state index in [9.17, 15) is 4.91 Å². The number of allylic oxidation sites excluding steroid dienone is 4. The first kappa shape index (κ1) is 12.3. The van der Waals surface area contributed by atoms with Gasteiger partial charge in [0.15, 0.2) is 0 Å². The molecule has 0 aromatic carbocycles. The third kappa shape index (κ3) is 1.55.